The van der Waals surface area contributed by atoms with Crippen LogP contribution >= 0.6 is 11.8 Å². The number of rotatable bonds is 6. The first-order valence-electron chi connectivity index (χ1n) is 7.26. The van der Waals surface area contributed by atoms with Crippen LogP contribution in [0.2, 0.25) is 0 Å². The van der Waals surface area contributed by atoms with Gasteiger partial charge < -0.3 is 0 Å². The fourth-order valence-electron chi connectivity index (χ4n) is 2.43. The van der Waals surface area contributed by atoms with Crippen LogP contribution in [0.5, 0.6) is 0 Å². The Balaban J connectivity index is 1.76. The van der Waals surface area contributed by atoms with E-state index in [1.807, 2.05) is 30.8 Å². The Bertz CT molecular complexity index is 505. The molecular weight excluding hydrogens is 290 g/mol. The molecule has 1 N–H and O–H groups in total. The number of hydrogen-bond donors (Lipinski definition) is 1. The lowest BCUT2D eigenvalue weighted by Gasteiger charge is -2.20. The van der Waals surface area contributed by atoms with Crippen LogP contribution in [0, 0.1) is 6.92 Å². The van der Waals surface area contributed by atoms with E-state index < -0.39 is 10.0 Å². The van der Waals surface area contributed by atoms with Crippen molar-refractivity contribution in [2.24, 2.45) is 0 Å². The van der Waals surface area contributed by atoms with E-state index in [0.717, 1.165) is 16.6 Å². The van der Waals surface area contributed by atoms with Crippen molar-refractivity contribution in [2.45, 2.75) is 49.2 Å². The molecule has 1 aromatic carbocycles. The third-order valence-electron chi connectivity index (χ3n) is 3.63. The van der Waals surface area contributed by atoms with Crippen LogP contribution in [-0.2, 0) is 10.0 Å². The van der Waals surface area contributed by atoms with Gasteiger partial charge in [-0.1, -0.05) is 37.0 Å². The topological polar surface area (TPSA) is 46.2 Å². The SMILES string of the molecule is Cc1ccc(S(=O)(=O)NCCSC2CCCCC2)cc1. The van der Waals surface area contributed by atoms with Crippen LogP contribution in [0.15, 0.2) is 29.2 Å². The van der Waals surface area contributed by atoms with E-state index in [9.17, 15) is 8.42 Å². The molecule has 20 heavy (non-hydrogen) atoms. The molecule has 0 aliphatic heterocycles. The third kappa shape index (κ3) is 4.79. The average Bonchev–Trinajstić information content (AvgIpc) is 2.45. The highest BCUT2D eigenvalue weighted by Gasteiger charge is 2.15. The molecule has 5 heteroatoms. The van der Waals surface area contributed by atoms with Crippen LogP contribution in [0.3, 0.4) is 0 Å². The van der Waals surface area contributed by atoms with Gasteiger partial charge in [-0.05, 0) is 31.9 Å². The van der Waals surface area contributed by atoms with Crippen molar-refractivity contribution >= 4 is 21.8 Å². The summed E-state index contributed by atoms with van der Waals surface area (Å²) in [6.45, 7) is 2.46. The summed E-state index contributed by atoms with van der Waals surface area (Å²) in [4.78, 5) is 0.353. The predicted molar refractivity (Wildman–Crippen MR) is 85.7 cm³/mol. The standard InChI is InChI=1S/C15H23NO2S2/c1-13-7-9-15(10-8-13)20(17,18)16-11-12-19-14-5-3-2-4-6-14/h7-10,14,16H,2-6,11-12H2,1H3. The first-order valence-corrected chi connectivity index (χ1v) is 9.79. The maximum atomic E-state index is 12.1. The smallest absolute Gasteiger partial charge is 0.210 e. The zero-order chi connectivity index (χ0) is 14.4. The van der Waals surface area contributed by atoms with E-state index in [0.29, 0.717) is 11.4 Å². The van der Waals surface area contributed by atoms with Gasteiger partial charge in [0.15, 0.2) is 0 Å². The minimum Gasteiger partial charge on any atom is -0.210 e. The van der Waals surface area contributed by atoms with Crippen LogP contribution < -0.4 is 4.72 Å². The van der Waals surface area contributed by atoms with E-state index in [2.05, 4.69) is 4.72 Å². The summed E-state index contributed by atoms with van der Waals surface area (Å²) < 4.78 is 26.8. The quantitative estimate of drug-likeness (QED) is 0.819. The molecule has 1 aromatic rings. The van der Waals surface area contributed by atoms with Gasteiger partial charge in [-0.25, -0.2) is 13.1 Å². The number of thioether (sulfide) groups is 1. The molecule has 0 heterocycles. The molecule has 0 saturated heterocycles. The molecule has 3 nitrogen and oxygen atoms in total. The second-order valence-corrected chi connectivity index (χ2v) is 8.52. The molecule has 0 unspecified atom stereocenters. The largest absolute Gasteiger partial charge is 0.240 e. The van der Waals surface area contributed by atoms with E-state index >= 15 is 0 Å². The third-order valence-corrected chi connectivity index (χ3v) is 6.49. The summed E-state index contributed by atoms with van der Waals surface area (Å²) in [7, 11) is -3.34. The van der Waals surface area contributed by atoms with Crippen molar-refractivity contribution in [1.82, 2.24) is 4.72 Å². The molecule has 1 aliphatic carbocycles. The Kier molecular flexibility index (Phi) is 5.93. The van der Waals surface area contributed by atoms with Gasteiger partial charge in [0.05, 0.1) is 4.90 Å². The number of sulfonamides is 1. The van der Waals surface area contributed by atoms with Gasteiger partial charge in [0, 0.05) is 17.5 Å². The van der Waals surface area contributed by atoms with Crippen LogP contribution in [0.1, 0.15) is 37.7 Å². The van der Waals surface area contributed by atoms with E-state index in [4.69, 9.17) is 0 Å². The second kappa shape index (κ2) is 7.48. The zero-order valence-electron chi connectivity index (χ0n) is 12.0. The van der Waals surface area contributed by atoms with Gasteiger partial charge in [0.1, 0.15) is 0 Å². The fraction of sp³-hybridized carbons (Fsp3) is 0.600. The molecule has 1 saturated carbocycles. The zero-order valence-corrected chi connectivity index (χ0v) is 13.6. The Morgan fingerprint density at radius 3 is 2.45 bits per heavy atom. The molecule has 1 fully saturated rings. The maximum absolute atomic E-state index is 12.1. The average molecular weight is 313 g/mol. The Morgan fingerprint density at radius 2 is 1.80 bits per heavy atom. The van der Waals surface area contributed by atoms with Gasteiger partial charge in [-0.2, -0.15) is 11.8 Å². The Labute approximate surface area is 126 Å². The normalized spacial score (nSPS) is 17.2. The summed E-state index contributed by atoms with van der Waals surface area (Å²) in [5, 5.41) is 0.729. The number of hydrogen-bond acceptors (Lipinski definition) is 3. The molecule has 0 amide bonds. The van der Waals surface area contributed by atoms with Crippen LogP contribution in [0.4, 0.5) is 0 Å². The van der Waals surface area contributed by atoms with Gasteiger partial charge in [-0.15, -0.1) is 0 Å². The maximum Gasteiger partial charge on any atom is 0.240 e. The van der Waals surface area contributed by atoms with Crippen molar-refractivity contribution in [3.63, 3.8) is 0 Å². The minimum absolute atomic E-state index is 0.353. The molecule has 2 rings (SSSR count). The van der Waals surface area contributed by atoms with Crippen molar-refractivity contribution in [3.8, 4) is 0 Å². The van der Waals surface area contributed by atoms with E-state index in [1.54, 1.807) is 12.1 Å². The molecule has 0 aromatic heterocycles. The highest BCUT2D eigenvalue weighted by molar-refractivity contribution is 8.00. The number of benzene rings is 1. The fourth-order valence-corrected chi connectivity index (χ4v) is 4.82. The summed E-state index contributed by atoms with van der Waals surface area (Å²) in [5.74, 6) is 0.857. The van der Waals surface area contributed by atoms with Crippen molar-refractivity contribution in [3.05, 3.63) is 29.8 Å². The van der Waals surface area contributed by atoms with Crippen LogP contribution in [0.25, 0.3) is 0 Å². The molecule has 0 radical (unpaired) electrons. The summed E-state index contributed by atoms with van der Waals surface area (Å²) in [6.07, 6.45) is 6.58. The summed E-state index contributed by atoms with van der Waals surface area (Å²) >= 11 is 1.91. The molecule has 0 atom stereocenters. The summed E-state index contributed by atoms with van der Waals surface area (Å²) in [5.41, 5.74) is 1.07. The van der Waals surface area contributed by atoms with E-state index in [-0.39, 0.29) is 0 Å². The molecular formula is C15H23NO2S2. The summed E-state index contributed by atoms with van der Waals surface area (Å²) in [6, 6.07) is 6.97. The lowest BCUT2D eigenvalue weighted by atomic mass is 10.0. The van der Waals surface area contributed by atoms with Crippen molar-refractivity contribution in [1.29, 1.82) is 0 Å². The minimum atomic E-state index is -3.34. The highest BCUT2D eigenvalue weighted by atomic mass is 32.2. The first-order chi connectivity index (χ1) is 9.58. The van der Waals surface area contributed by atoms with Gasteiger partial charge in [-0.3, -0.25) is 0 Å². The van der Waals surface area contributed by atoms with Crippen molar-refractivity contribution < 1.29 is 8.42 Å². The van der Waals surface area contributed by atoms with Crippen molar-refractivity contribution in [2.75, 3.05) is 12.3 Å². The van der Waals surface area contributed by atoms with E-state index in [1.165, 1.54) is 32.1 Å². The molecule has 0 bridgehead atoms. The molecule has 0 spiro atoms. The lowest BCUT2D eigenvalue weighted by Crippen LogP contribution is -2.26. The van der Waals surface area contributed by atoms with Gasteiger partial charge >= 0.3 is 0 Å². The second-order valence-electron chi connectivity index (χ2n) is 5.34. The molecule has 112 valence electrons. The molecule has 1 aliphatic rings. The lowest BCUT2D eigenvalue weighted by molar-refractivity contribution is 0.516. The predicted octanol–water partition coefficient (Wildman–Crippen LogP) is 3.34. The Hall–Kier alpha value is -0.520. The van der Waals surface area contributed by atoms with Crippen LogP contribution in [-0.4, -0.2) is 26.0 Å². The van der Waals surface area contributed by atoms with Gasteiger partial charge in [0.2, 0.25) is 10.0 Å². The highest BCUT2D eigenvalue weighted by Crippen LogP contribution is 2.27. The number of nitrogens with one attached hydrogen (secondary N) is 1. The number of aryl methyl sites for hydroxylation is 1. The Morgan fingerprint density at radius 1 is 1.15 bits per heavy atom. The monoisotopic (exact) mass is 313 g/mol. The van der Waals surface area contributed by atoms with Gasteiger partial charge in [0.25, 0.3) is 0 Å². The first kappa shape index (κ1) is 15.9.